The normalized spacial score (nSPS) is 16.2. The molecule has 1 N–H and O–H groups in total. The van der Waals surface area contributed by atoms with Gasteiger partial charge in [-0.1, -0.05) is 24.3 Å². The van der Waals surface area contributed by atoms with E-state index in [2.05, 4.69) is 41.9 Å². The number of aliphatic hydroxyl groups is 1. The monoisotopic (exact) mass is 460 g/mol. The molecule has 0 aliphatic carbocycles. The fourth-order valence-electron chi connectivity index (χ4n) is 4.76. The van der Waals surface area contributed by atoms with Crippen LogP contribution < -0.4 is 4.74 Å². The van der Waals surface area contributed by atoms with Gasteiger partial charge in [0.05, 0.1) is 11.6 Å². The molecule has 0 spiro atoms. The first-order valence-electron chi connectivity index (χ1n) is 12.0. The van der Waals surface area contributed by atoms with E-state index in [-0.39, 0.29) is 6.61 Å². The van der Waals surface area contributed by atoms with Crippen LogP contribution in [0.15, 0.2) is 57.5 Å². The molecule has 1 saturated heterocycles. The van der Waals surface area contributed by atoms with Gasteiger partial charge in [0, 0.05) is 13.5 Å². The van der Waals surface area contributed by atoms with Crippen molar-refractivity contribution in [1.29, 1.82) is 0 Å². The Bertz CT molecular complexity index is 1270. The summed E-state index contributed by atoms with van der Waals surface area (Å²) in [5, 5.41) is 11.5. The van der Waals surface area contributed by atoms with Gasteiger partial charge in [0.15, 0.2) is 17.4 Å². The molecule has 4 aromatic rings. The third kappa shape index (κ3) is 4.88. The number of benzene rings is 2. The highest BCUT2D eigenvalue weighted by molar-refractivity contribution is 5.87. The van der Waals surface area contributed by atoms with E-state index in [0.29, 0.717) is 41.2 Å². The number of oxazole rings is 1. The van der Waals surface area contributed by atoms with Gasteiger partial charge in [0.2, 0.25) is 0 Å². The first kappa shape index (κ1) is 22.7. The van der Waals surface area contributed by atoms with Crippen molar-refractivity contribution in [2.45, 2.75) is 45.6 Å². The summed E-state index contributed by atoms with van der Waals surface area (Å²) in [6, 6.07) is 14.4. The number of β-amino-alcohol motifs (C(OH)–C–C–N with tert-alkyl or cyclic N) is 1. The Morgan fingerprint density at radius 3 is 2.59 bits per heavy atom. The van der Waals surface area contributed by atoms with Crippen LogP contribution in [0.4, 0.5) is 0 Å². The first-order chi connectivity index (χ1) is 16.5. The van der Waals surface area contributed by atoms with Gasteiger partial charge in [0.25, 0.3) is 0 Å². The van der Waals surface area contributed by atoms with E-state index in [1.54, 1.807) is 13.1 Å². The first-order valence-corrected chi connectivity index (χ1v) is 12.0. The maximum Gasteiger partial charge on any atom is 0.191 e. The van der Waals surface area contributed by atoms with Gasteiger partial charge < -0.3 is 23.6 Å². The smallest absolute Gasteiger partial charge is 0.191 e. The Morgan fingerprint density at radius 2 is 1.85 bits per heavy atom. The largest absolute Gasteiger partial charge is 0.490 e. The number of likely N-dealkylation sites (tertiary alicyclic amines) is 1. The van der Waals surface area contributed by atoms with Crippen LogP contribution in [0.3, 0.4) is 0 Å². The van der Waals surface area contributed by atoms with Crippen LogP contribution in [-0.4, -0.2) is 47.3 Å². The van der Waals surface area contributed by atoms with Crippen molar-refractivity contribution >= 4 is 11.0 Å². The zero-order valence-corrected chi connectivity index (χ0v) is 20.1. The molecule has 178 valence electrons. The summed E-state index contributed by atoms with van der Waals surface area (Å²) in [4.78, 5) is 6.48. The van der Waals surface area contributed by atoms with Gasteiger partial charge in [-0.25, -0.2) is 4.98 Å². The Kier molecular flexibility index (Phi) is 6.44. The summed E-state index contributed by atoms with van der Waals surface area (Å²) in [5.41, 5.74) is 4.87. The van der Waals surface area contributed by atoms with Crippen LogP contribution in [0.25, 0.3) is 22.5 Å². The molecule has 2 aromatic carbocycles. The third-order valence-electron chi connectivity index (χ3n) is 6.88. The molecule has 1 aliphatic rings. The van der Waals surface area contributed by atoms with E-state index >= 15 is 0 Å². The van der Waals surface area contributed by atoms with Gasteiger partial charge in [-0.3, -0.25) is 0 Å². The Hall–Kier alpha value is -3.09. The van der Waals surface area contributed by atoms with Crippen molar-refractivity contribution < 1.29 is 18.7 Å². The number of furan rings is 1. The second-order valence-corrected chi connectivity index (χ2v) is 9.41. The predicted molar refractivity (Wildman–Crippen MR) is 132 cm³/mol. The highest BCUT2D eigenvalue weighted by Gasteiger charge is 2.23. The van der Waals surface area contributed by atoms with Crippen molar-refractivity contribution in [2.75, 3.05) is 26.2 Å². The molecule has 6 heteroatoms. The number of aliphatic hydroxyl groups excluding tert-OH is 1. The summed E-state index contributed by atoms with van der Waals surface area (Å²) < 4.78 is 17.5. The second-order valence-electron chi connectivity index (χ2n) is 9.41. The fourth-order valence-corrected chi connectivity index (χ4v) is 4.76. The van der Waals surface area contributed by atoms with Gasteiger partial charge in [-0.15, -0.1) is 0 Å². The quantitative estimate of drug-likeness (QED) is 0.385. The fraction of sp³-hybridized carbons (Fsp3) is 0.393. The minimum Gasteiger partial charge on any atom is -0.490 e. The van der Waals surface area contributed by atoms with Crippen LogP contribution in [0.5, 0.6) is 5.75 Å². The number of nitrogens with zero attached hydrogens (tertiary/aromatic N) is 2. The highest BCUT2D eigenvalue weighted by Crippen LogP contribution is 2.34. The van der Waals surface area contributed by atoms with Crippen molar-refractivity contribution in [3.63, 3.8) is 0 Å². The summed E-state index contributed by atoms with van der Waals surface area (Å²) in [6.45, 7) is 8.98. The molecule has 0 saturated carbocycles. The molecule has 0 bridgehead atoms. The van der Waals surface area contributed by atoms with Gasteiger partial charge in [-0.2, -0.15) is 0 Å². The highest BCUT2D eigenvalue weighted by atomic mass is 16.5. The van der Waals surface area contributed by atoms with Crippen LogP contribution >= 0.6 is 0 Å². The molecular weight excluding hydrogens is 428 g/mol. The van der Waals surface area contributed by atoms with E-state index < -0.39 is 6.10 Å². The number of fused-ring (bicyclic) bond motifs is 1. The molecule has 0 amide bonds. The molecular formula is C28H32N2O4. The average molecular weight is 461 g/mol. The summed E-state index contributed by atoms with van der Waals surface area (Å²) in [5.74, 6) is 3.08. The van der Waals surface area contributed by atoms with Crippen molar-refractivity contribution in [1.82, 2.24) is 9.88 Å². The summed E-state index contributed by atoms with van der Waals surface area (Å²) in [7, 11) is 0. The van der Waals surface area contributed by atoms with Crippen LogP contribution in [0, 0.1) is 20.8 Å². The Balaban J connectivity index is 1.16. The number of piperidine rings is 1. The van der Waals surface area contributed by atoms with Crippen molar-refractivity contribution in [2.24, 2.45) is 0 Å². The molecule has 1 fully saturated rings. The molecule has 1 aliphatic heterocycles. The zero-order chi connectivity index (χ0) is 23.7. The lowest BCUT2D eigenvalue weighted by Crippen LogP contribution is -2.40. The van der Waals surface area contributed by atoms with E-state index in [1.807, 2.05) is 24.3 Å². The van der Waals surface area contributed by atoms with Gasteiger partial charge in [-0.05, 0) is 80.6 Å². The van der Waals surface area contributed by atoms with E-state index in [1.165, 1.54) is 16.7 Å². The average Bonchev–Trinajstić information content (AvgIpc) is 3.46. The maximum atomic E-state index is 10.7. The lowest BCUT2D eigenvalue weighted by molar-refractivity contribution is 0.0599. The van der Waals surface area contributed by atoms with E-state index in [0.717, 1.165) is 31.3 Å². The number of hydrogen-bond donors (Lipinski definition) is 1. The molecule has 2 aromatic heterocycles. The number of aryl methyl sites for hydroxylation is 3. The zero-order valence-electron chi connectivity index (χ0n) is 20.1. The molecule has 1 atom stereocenters. The standard InChI is InChI=1S/C28H32N2O4/c1-18-7-8-22(13-19(18)2)21-9-11-30(12-10-21)16-23(31)17-32-25-5-4-6-26-24(25)14-27(34-26)28-15-29-20(3)33-28/h4-8,13-15,21,23,31H,9-12,16-17H2,1-3H3. The summed E-state index contributed by atoms with van der Waals surface area (Å²) >= 11 is 0. The Labute approximate surface area is 200 Å². The number of hydrogen-bond acceptors (Lipinski definition) is 6. The molecule has 5 rings (SSSR count). The molecule has 3 heterocycles. The topological polar surface area (TPSA) is 71.9 Å². The van der Waals surface area contributed by atoms with Crippen molar-refractivity contribution in [3.8, 4) is 17.3 Å². The minimum atomic E-state index is -0.559. The van der Waals surface area contributed by atoms with E-state index in [4.69, 9.17) is 13.6 Å². The third-order valence-corrected chi connectivity index (χ3v) is 6.88. The number of ether oxygens (including phenoxy) is 1. The SMILES string of the molecule is Cc1ncc(-c2cc3c(OCC(O)CN4CCC(c5ccc(C)c(C)c5)CC4)cccc3o2)o1. The summed E-state index contributed by atoms with van der Waals surface area (Å²) in [6.07, 6.45) is 3.33. The number of aromatic nitrogens is 1. The molecule has 6 nitrogen and oxygen atoms in total. The number of rotatable bonds is 7. The Morgan fingerprint density at radius 1 is 1.03 bits per heavy atom. The van der Waals surface area contributed by atoms with E-state index in [9.17, 15) is 5.11 Å². The van der Waals surface area contributed by atoms with Crippen LogP contribution in [0.1, 0.15) is 41.3 Å². The molecule has 34 heavy (non-hydrogen) atoms. The lowest BCUT2D eigenvalue weighted by atomic mass is 9.88. The van der Waals surface area contributed by atoms with Gasteiger partial charge >= 0.3 is 0 Å². The lowest BCUT2D eigenvalue weighted by Gasteiger charge is -2.33. The minimum absolute atomic E-state index is 0.234. The maximum absolute atomic E-state index is 10.7. The molecule has 1 unspecified atom stereocenters. The van der Waals surface area contributed by atoms with Crippen molar-refractivity contribution in [3.05, 3.63) is 71.2 Å². The second kappa shape index (κ2) is 9.65. The van der Waals surface area contributed by atoms with Crippen LogP contribution in [0.2, 0.25) is 0 Å². The van der Waals surface area contributed by atoms with Crippen LogP contribution in [-0.2, 0) is 0 Å². The predicted octanol–water partition coefficient (Wildman–Crippen LogP) is 5.63. The molecule has 0 radical (unpaired) electrons. The van der Waals surface area contributed by atoms with Gasteiger partial charge in [0.1, 0.15) is 24.0 Å².